The van der Waals surface area contributed by atoms with Gasteiger partial charge in [-0.15, -0.1) is 0 Å². The van der Waals surface area contributed by atoms with E-state index >= 15 is 0 Å². The van der Waals surface area contributed by atoms with E-state index in [1.165, 1.54) is 17.1 Å². The zero-order chi connectivity index (χ0) is 20.6. The number of methoxy groups -OCH3 is 1. The highest BCUT2D eigenvalue weighted by Gasteiger charge is 2.24. The molecule has 2 saturated heterocycles. The summed E-state index contributed by atoms with van der Waals surface area (Å²) < 4.78 is 11.4. The number of ether oxygens (including phenoxy) is 2. The molecule has 2 aliphatic heterocycles. The quantitative estimate of drug-likeness (QED) is 0.617. The van der Waals surface area contributed by atoms with Crippen LogP contribution in [0.1, 0.15) is 18.4 Å². The van der Waals surface area contributed by atoms with E-state index in [0.717, 1.165) is 45.6 Å². The van der Waals surface area contributed by atoms with E-state index in [1.807, 2.05) is 23.9 Å². The van der Waals surface area contributed by atoms with Crippen LogP contribution in [-0.2, 0) is 11.3 Å². The average Bonchev–Trinajstić information content (AvgIpc) is 2.73. The van der Waals surface area contributed by atoms with E-state index in [4.69, 9.17) is 15.2 Å². The second-order valence-corrected chi connectivity index (χ2v) is 9.04. The minimum Gasteiger partial charge on any atom is -0.493 e. The first-order valence-electron chi connectivity index (χ1n) is 10.3. The van der Waals surface area contributed by atoms with Gasteiger partial charge in [-0.05, 0) is 43.6 Å². The Kier molecular flexibility index (Phi) is 8.47. The number of nitrogens with zero attached hydrogens (tertiary/aromatic N) is 2. The van der Waals surface area contributed by atoms with Crippen molar-refractivity contribution in [2.75, 3.05) is 57.9 Å². The standard InChI is InChI=1S/C21H33N3O4S/c1-27-19-3-2-16(13-24-8-10-29-11-9-24)12-20(19)28-15-18(25)14-23-6-4-17(5-7-23)21(22)26/h2-3,12,17-18,25H,4-11,13-15H2,1H3,(H2,22,26). The molecule has 2 heterocycles. The topological polar surface area (TPSA) is 88.3 Å². The molecule has 1 amide bonds. The van der Waals surface area contributed by atoms with Crippen LogP contribution in [0.25, 0.3) is 0 Å². The van der Waals surface area contributed by atoms with E-state index in [9.17, 15) is 9.90 Å². The minimum atomic E-state index is -0.604. The van der Waals surface area contributed by atoms with Gasteiger partial charge in [0.15, 0.2) is 11.5 Å². The first-order chi connectivity index (χ1) is 14.0. The number of hydrogen-bond donors (Lipinski definition) is 2. The lowest BCUT2D eigenvalue weighted by atomic mass is 9.96. The molecule has 3 N–H and O–H groups in total. The highest BCUT2D eigenvalue weighted by molar-refractivity contribution is 7.99. The van der Waals surface area contributed by atoms with Gasteiger partial charge in [0.1, 0.15) is 12.7 Å². The van der Waals surface area contributed by atoms with Gasteiger partial charge in [-0.2, -0.15) is 11.8 Å². The van der Waals surface area contributed by atoms with Gasteiger partial charge in [0.25, 0.3) is 0 Å². The molecule has 3 rings (SSSR count). The number of piperidine rings is 1. The van der Waals surface area contributed by atoms with Crippen molar-refractivity contribution in [3.8, 4) is 11.5 Å². The van der Waals surface area contributed by atoms with E-state index in [0.29, 0.717) is 18.0 Å². The summed E-state index contributed by atoms with van der Waals surface area (Å²) in [6.45, 7) is 5.40. The Hall–Kier alpha value is -1.48. The number of aliphatic hydroxyl groups is 1. The fourth-order valence-electron chi connectivity index (χ4n) is 3.89. The van der Waals surface area contributed by atoms with Crippen molar-refractivity contribution in [2.24, 2.45) is 11.7 Å². The molecule has 0 aromatic heterocycles. The lowest BCUT2D eigenvalue weighted by Crippen LogP contribution is -2.43. The van der Waals surface area contributed by atoms with E-state index in [2.05, 4.69) is 15.9 Å². The number of carbonyl (C=O) groups excluding carboxylic acids is 1. The van der Waals surface area contributed by atoms with Crippen molar-refractivity contribution in [1.82, 2.24) is 9.80 Å². The molecule has 2 aliphatic rings. The molecule has 0 aliphatic carbocycles. The Morgan fingerprint density at radius 2 is 1.93 bits per heavy atom. The third-order valence-corrected chi connectivity index (χ3v) is 6.57. The summed E-state index contributed by atoms with van der Waals surface area (Å²) in [6.07, 6.45) is 0.911. The van der Waals surface area contributed by atoms with Gasteiger partial charge in [0.2, 0.25) is 5.91 Å². The molecule has 7 nitrogen and oxygen atoms in total. The van der Waals surface area contributed by atoms with Gasteiger partial charge in [0.05, 0.1) is 7.11 Å². The number of β-amino-alcohol motifs (C(OH)–C–C–N with tert-alkyl or cyclic N) is 1. The summed E-state index contributed by atoms with van der Waals surface area (Å²) in [6, 6.07) is 6.03. The summed E-state index contributed by atoms with van der Waals surface area (Å²) in [7, 11) is 1.63. The average molecular weight is 424 g/mol. The first kappa shape index (κ1) is 22.2. The van der Waals surface area contributed by atoms with Crippen molar-refractivity contribution >= 4 is 17.7 Å². The Bertz CT molecular complexity index is 661. The van der Waals surface area contributed by atoms with Crippen LogP contribution in [0.5, 0.6) is 11.5 Å². The van der Waals surface area contributed by atoms with Crippen molar-refractivity contribution in [2.45, 2.75) is 25.5 Å². The van der Waals surface area contributed by atoms with E-state index in [-0.39, 0.29) is 18.4 Å². The molecule has 2 fully saturated rings. The van der Waals surface area contributed by atoms with Gasteiger partial charge in [-0.3, -0.25) is 9.69 Å². The summed E-state index contributed by atoms with van der Waals surface area (Å²) in [4.78, 5) is 15.9. The van der Waals surface area contributed by atoms with Gasteiger partial charge >= 0.3 is 0 Å². The van der Waals surface area contributed by atoms with E-state index in [1.54, 1.807) is 7.11 Å². The van der Waals surface area contributed by atoms with Crippen molar-refractivity contribution < 1.29 is 19.4 Å². The predicted molar refractivity (Wildman–Crippen MR) is 115 cm³/mol. The largest absolute Gasteiger partial charge is 0.493 e. The number of rotatable bonds is 9. The van der Waals surface area contributed by atoms with Crippen molar-refractivity contribution in [3.05, 3.63) is 23.8 Å². The maximum atomic E-state index is 11.3. The number of hydrogen-bond acceptors (Lipinski definition) is 7. The molecular weight excluding hydrogens is 390 g/mol. The fraction of sp³-hybridized carbons (Fsp3) is 0.667. The van der Waals surface area contributed by atoms with Crippen LogP contribution in [-0.4, -0.2) is 84.9 Å². The number of amides is 1. The summed E-state index contributed by atoms with van der Waals surface area (Å²) >= 11 is 2.00. The van der Waals surface area contributed by atoms with Crippen molar-refractivity contribution in [1.29, 1.82) is 0 Å². The lowest BCUT2D eigenvalue weighted by Gasteiger charge is -2.31. The number of aliphatic hydroxyl groups excluding tert-OH is 1. The highest BCUT2D eigenvalue weighted by atomic mass is 32.2. The zero-order valence-corrected chi connectivity index (χ0v) is 18.0. The number of benzene rings is 1. The monoisotopic (exact) mass is 423 g/mol. The molecule has 8 heteroatoms. The van der Waals surface area contributed by atoms with Crippen LogP contribution < -0.4 is 15.2 Å². The molecule has 0 radical (unpaired) electrons. The summed E-state index contributed by atoms with van der Waals surface area (Å²) in [5.74, 6) is 3.46. The van der Waals surface area contributed by atoms with E-state index < -0.39 is 6.10 Å². The second kappa shape index (κ2) is 11.1. The molecule has 1 unspecified atom stereocenters. The third kappa shape index (κ3) is 6.77. The Labute approximate surface area is 177 Å². The number of likely N-dealkylation sites (tertiary alicyclic amines) is 1. The summed E-state index contributed by atoms with van der Waals surface area (Å²) in [5.41, 5.74) is 6.57. The van der Waals surface area contributed by atoms with Crippen LogP contribution in [0, 0.1) is 5.92 Å². The lowest BCUT2D eigenvalue weighted by molar-refractivity contribution is -0.123. The zero-order valence-electron chi connectivity index (χ0n) is 17.2. The van der Waals surface area contributed by atoms with Gasteiger partial charge in [-0.25, -0.2) is 0 Å². The van der Waals surface area contributed by atoms with Crippen LogP contribution in [0.4, 0.5) is 0 Å². The molecule has 1 aromatic rings. The molecular formula is C21H33N3O4S. The maximum absolute atomic E-state index is 11.3. The van der Waals surface area contributed by atoms with Gasteiger partial charge < -0.3 is 25.2 Å². The molecule has 29 heavy (non-hydrogen) atoms. The smallest absolute Gasteiger partial charge is 0.220 e. The molecule has 1 atom stereocenters. The van der Waals surface area contributed by atoms with Crippen LogP contribution in [0.2, 0.25) is 0 Å². The minimum absolute atomic E-state index is 0.0369. The molecule has 0 bridgehead atoms. The van der Waals surface area contributed by atoms with Gasteiger partial charge in [0, 0.05) is 43.6 Å². The Balaban J connectivity index is 1.49. The fourth-order valence-corrected chi connectivity index (χ4v) is 4.87. The first-order valence-corrected chi connectivity index (χ1v) is 11.5. The van der Waals surface area contributed by atoms with Crippen molar-refractivity contribution in [3.63, 3.8) is 0 Å². The Morgan fingerprint density at radius 1 is 1.21 bits per heavy atom. The predicted octanol–water partition coefficient (Wildman–Crippen LogP) is 1.18. The summed E-state index contributed by atoms with van der Waals surface area (Å²) in [5, 5.41) is 10.4. The second-order valence-electron chi connectivity index (χ2n) is 7.82. The number of thioether (sulfide) groups is 1. The van der Waals surface area contributed by atoms with Crippen LogP contribution in [0.15, 0.2) is 18.2 Å². The Morgan fingerprint density at radius 3 is 2.59 bits per heavy atom. The SMILES string of the molecule is COc1ccc(CN2CCSCC2)cc1OCC(O)CN1CCC(C(N)=O)CC1. The van der Waals surface area contributed by atoms with Gasteiger partial charge in [-0.1, -0.05) is 6.07 Å². The molecule has 0 spiro atoms. The number of carbonyl (C=O) groups is 1. The molecule has 1 aromatic carbocycles. The number of primary amides is 1. The van der Waals surface area contributed by atoms with Crippen LogP contribution >= 0.6 is 11.8 Å². The normalized spacial score (nSPS) is 20.3. The molecule has 162 valence electrons. The third-order valence-electron chi connectivity index (χ3n) is 5.63. The number of nitrogens with two attached hydrogens (primary N) is 1. The highest BCUT2D eigenvalue weighted by Crippen LogP contribution is 2.29. The van der Waals surface area contributed by atoms with Crippen LogP contribution in [0.3, 0.4) is 0 Å². The molecule has 0 saturated carbocycles. The maximum Gasteiger partial charge on any atom is 0.220 e.